The zero-order chi connectivity index (χ0) is 15.1. The molecule has 1 aliphatic carbocycles. The molecule has 0 aliphatic heterocycles. The molecule has 0 fully saturated rings. The molecule has 2 rings (SSSR count). The molecular weight excluding hydrogens is 262 g/mol. The zero-order valence-electron chi connectivity index (χ0n) is 13.3. The van der Waals surface area contributed by atoms with Crippen molar-refractivity contribution in [2.45, 2.75) is 52.7 Å². The number of hydrogen-bond donors (Lipinski definition) is 2. The molecular formula is C16H27N5. The number of hydrogen-bond acceptors (Lipinski definition) is 2. The number of nitrogens with zero attached hydrogens (tertiary/aromatic N) is 3. The lowest BCUT2D eigenvalue weighted by atomic mass is 10.2. The quantitative estimate of drug-likeness (QED) is 0.480. The van der Waals surface area contributed by atoms with Gasteiger partial charge in [0.15, 0.2) is 5.96 Å². The van der Waals surface area contributed by atoms with E-state index in [0.29, 0.717) is 18.5 Å². The predicted molar refractivity (Wildman–Crippen MR) is 87.2 cm³/mol. The van der Waals surface area contributed by atoms with E-state index in [-0.39, 0.29) is 0 Å². The second kappa shape index (κ2) is 7.86. The van der Waals surface area contributed by atoms with Gasteiger partial charge < -0.3 is 15.2 Å². The van der Waals surface area contributed by atoms with E-state index in [1.165, 1.54) is 0 Å². The maximum absolute atomic E-state index is 4.67. The zero-order valence-corrected chi connectivity index (χ0v) is 13.3. The third-order valence-electron chi connectivity index (χ3n) is 3.44. The molecule has 5 nitrogen and oxygen atoms in total. The number of aromatic nitrogens is 2. The Hall–Kier alpha value is -1.78. The Kier molecular flexibility index (Phi) is 5.84. The lowest BCUT2D eigenvalue weighted by Gasteiger charge is -2.17. The van der Waals surface area contributed by atoms with Crippen LogP contribution in [0.2, 0.25) is 0 Å². The van der Waals surface area contributed by atoms with Crippen LogP contribution in [0.5, 0.6) is 0 Å². The molecule has 0 saturated carbocycles. The normalized spacial score (nSPS) is 15.9. The molecule has 2 N–H and O–H groups in total. The summed E-state index contributed by atoms with van der Waals surface area (Å²) in [5.74, 6) is 2.51. The van der Waals surface area contributed by atoms with Crippen LogP contribution in [0.25, 0.3) is 0 Å². The Balaban J connectivity index is 1.96. The summed E-state index contributed by atoms with van der Waals surface area (Å²) >= 11 is 0. The van der Waals surface area contributed by atoms with E-state index in [9.17, 15) is 0 Å². The van der Waals surface area contributed by atoms with Gasteiger partial charge in [-0.25, -0.2) is 9.98 Å². The highest BCUT2D eigenvalue weighted by Gasteiger charge is 2.12. The number of guanidine groups is 1. The number of imidazole rings is 1. The van der Waals surface area contributed by atoms with Gasteiger partial charge in [0.2, 0.25) is 0 Å². The van der Waals surface area contributed by atoms with E-state index in [1.807, 2.05) is 12.4 Å². The molecule has 0 spiro atoms. The number of aliphatic imine (C=N–C) groups is 1. The molecule has 0 aromatic carbocycles. The van der Waals surface area contributed by atoms with Gasteiger partial charge >= 0.3 is 0 Å². The molecule has 1 heterocycles. The highest BCUT2D eigenvalue weighted by atomic mass is 15.2. The van der Waals surface area contributed by atoms with E-state index in [2.05, 4.69) is 58.1 Å². The lowest BCUT2D eigenvalue weighted by molar-refractivity contribution is 0.507. The third-order valence-corrected chi connectivity index (χ3v) is 3.44. The van der Waals surface area contributed by atoms with Crippen molar-refractivity contribution in [2.75, 3.05) is 6.54 Å². The lowest BCUT2D eigenvalue weighted by Crippen LogP contribution is -2.42. The van der Waals surface area contributed by atoms with Crippen LogP contribution in [-0.2, 0) is 13.1 Å². The van der Waals surface area contributed by atoms with Crippen molar-refractivity contribution < 1.29 is 0 Å². The minimum atomic E-state index is 0.471. The van der Waals surface area contributed by atoms with E-state index in [4.69, 9.17) is 0 Å². The van der Waals surface area contributed by atoms with Gasteiger partial charge in [-0.3, -0.25) is 0 Å². The molecule has 0 atom stereocenters. The van der Waals surface area contributed by atoms with Crippen LogP contribution < -0.4 is 10.6 Å². The molecule has 1 aliphatic rings. The van der Waals surface area contributed by atoms with Gasteiger partial charge in [0, 0.05) is 31.5 Å². The third kappa shape index (κ3) is 4.92. The van der Waals surface area contributed by atoms with Gasteiger partial charge in [-0.1, -0.05) is 26.0 Å². The summed E-state index contributed by atoms with van der Waals surface area (Å²) < 4.78 is 2.19. The second-order valence-corrected chi connectivity index (χ2v) is 5.87. The van der Waals surface area contributed by atoms with Crippen LogP contribution >= 0.6 is 0 Å². The fourth-order valence-corrected chi connectivity index (χ4v) is 2.45. The first kappa shape index (κ1) is 15.6. The van der Waals surface area contributed by atoms with Crippen molar-refractivity contribution in [3.63, 3.8) is 0 Å². The maximum atomic E-state index is 4.67. The van der Waals surface area contributed by atoms with Crippen molar-refractivity contribution in [2.24, 2.45) is 10.9 Å². The Morgan fingerprint density at radius 3 is 2.86 bits per heavy atom. The maximum Gasteiger partial charge on any atom is 0.191 e. The minimum Gasteiger partial charge on any atom is -0.357 e. The first-order valence-electron chi connectivity index (χ1n) is 7.89. The van der Waals surface area contributed by atoms with Crippen LogP contribution in [0.3, 0.4) is 0 Å². The standard InChI is InChI=1S/C16H27N5/c1-4-17-16(20-14-7-5-6-8-14)19-11-15-18-9-10-21(15)12-13(2)3/h5-6,9-10,13-14H,4,7-8,11-12H2,1-3H3,(H2,17,19,20). The van der Waals surface area contributed by atoms with Crippen LogP contribution in [0.15, 0.2) is 29.5 Å². The SMILES string of the molecule is CCNC(=NCc1nccn1CC(C)C)NC1CC=CC1. The smallest absolute Gasteiger partial charge is 0.191 e. The van der Waals surface area contributed by atoms with Gasteiger partial charge in [0.1, 0.15) is 12.4 Å². The summed E-state index contributed by atoms with van der Waals surface area (Å²) in [7, 11) is 0. The summed E-state index contributed by atoms with van der Waals surface area (Å²) in [5, 5.41) is 6.79. The topological polar surface area (TPSA) is 54.2 Å². The molecule has 0 bridgehead atoms. The van der Waals surface area contributed by atoms with Gasteiger partial charge in [-0.05, 0) is 25.7 Å². The van der Waals surface area contributed by atoms with Crippen molar-refractivity contribution in [1.29, 1.82) is 0 Å². The highest BCUT2D eigenvalue weighted by molar-refractivity contribution is 5.80. The average molecular weight is 289 g/mol. The average Bonchev–Trinajstić information content (AvgIpc) is 3.07. The van der Waals surface area contributed by atoms with Gasteiger partial charge in [-0.2, -0.15) is 0 Å². The van der Waals surface area contributed by atoms with E-state index < -0.39 is 0 Å². The summed E-state index contributed by atoms with van der Waals surface area (Å²) in [5.41, 5.74) is 0. The van der Waals surface area contributed by atoms with Gasteiger partial charge in [0.05, 0.1) is 0 Å². The van der Waals surface area contributed by atoms with Gasteiger partial charge in [-0.15, -0.1) is 0 Å². The van der Waals surface area contributed by atoms with Crippen LogP contribution in [0, 0.1) is 5.92 Å². The van der Waals surface area contributed by atoms with Crippen molar-refractivity contribution in [3.05, 3.63) is 30.4 Å². The van der Waals surface area contributed by atoms with Crippen LogP contribution in [0.1, 0.15) is 39.4 Å². The predicted octanol–water partition coefficient (Wildman–Crippen LogP) is 2.31. The summed E-state index contributed by atoms with van der Waals surface area (Å²) in [6, 6.07) is 0.471. The Morgan fingerprint density at radius 2 is 2.19 bits per heavy atom. The second-order valence-electron chi connectivity index (χ2n) is 5.87. The number of nitrogens with one attached hydrogen (secondary N) is 2. The van der Waals surface area contributed by atoms with Gasteiger partial charge in [0.25, 0.3) is 0 Å². The highest BCUT2D eigenvalue weighted by Crippen LogP contribution is 2.09. The minimum absolute atomic E-state index is 0.471. The van der Waals surface area contributed by atoms with E-state index in [1.54, 1.807) is 0 Å². The fraction of sp³-hybridized carbons (Fsp3) is 0.625. The van der Waals surface area contributed by atoms with Crippen LogP contribution in [0.4, 0.5) is 0 Å². The van der Waals surface area contributed by atoms with Crippen molar-refractivity contribution >= 4 is 5.96 Å². The molecule has 0 amide bonds. The molecule has 1 aromatic rings. The Morgan fingerprint density at radius 1 is 1.43 bits per heavy atom. The molecule has 0 saturated heterocycles. The molecule has 0 unspecified atom stereocenters. The summed E-state index contributed by atoms with van der Waals surface area (Å²) in [6.45, 7) is 8.98. The molecule has 1 aromatic heterocycles. The Bertz CT molecular complexity index is 479. The van der Waals surface area contributed by atoms with Crippen molar-refractivity contribution in [1.82, 2.24) is 20.2 Å². The molecule has 5 heteroatoms. The Labute approximate surface area is 127 Å². The monoisotopic (exact) mass is 289 g/mol. The number of rotatable bonds is 6. The van der Waals surface area contributed by atoms with Crippen molar-refractivity contribution in [3.8, 4) is 0 Å². The first-order chi connectivity index (χ1) is 10.2. The summed E-state index contributed by atoms with van der Waals surface area (Å²) in [4.78, 5) is 9.09. The molecule has 0 radical (unpaired) electrons. The first-order valence-corrected chi connectivity index (χ1v) is 7.89. The fourth-order valence-electron chi connectivity index (χ4n) is 2.45. The largest absolute Gasteiger partial charge is 0.357 e. The molecule has 21 heavy (non-hydrogen) atoms. The van der Waals surface area contributed by atoms with E-state index >= 15 is 0 Å². The van der Waals surface area contributed by atoms with Crippen LogP contribution in [-0.4, -0.2) is 28.1 Å². The molecule has 116 valence electrons. The van der Waals surface area contributed by atoms with E-state index in [0.717, 1.165) is 37.7 Å². The summed E-state index contributed by atoms with van der Waals surface area (Å²) in [6.07, 6.45) is 10.5.